The Kier molecular flexibility index (Phi) is 4.05. The van der Waals surface area contributed by atoms with Crippen molar-refractivity contribution < 1.29 is 19.8 Å². The summed E-state index contributed by atoms with van der Waals surface area (Å²) in [6.45, 7) is 1.67. The molecule has 2 atom stereocenters. The lowest BCUT2D eigenvalue weighted by Gasteiger charge is -2.25. The van der Waals surface area contributed by atoms with Crippen LogP contribution >= 0.6 is 0 Å². The zero-order valence-electron chi connectivity index (χ0n) is 8.88. The summed E-state index contributed by atoms with van der Waals surface area (Å²) in [7, 11) is 0. The van der Waals surface area contributed by atoms with Gasteiger partial charge in [0.25, 0.3) is 0 Å². The summed E-state index contributed by atoms with van der Waals surface area (Å²) in [6, 6.07) is 8.88. The fourth-order valence-electron chi connectivity index (χ4n) is 1.63. The zero-order chi connectivity index (χ0) is 12.1. The highest BCUT2D eigenvalue weighted by atomic mass is 16.4. The maximum Gasteiger partial charge on any atom is 0.0455 e. The van der Waals surface area contributed by atoms with Gasteiger partial charge in [-0.15, -0.1) is 0 Å². The lowest BCUT2D eigenvalue weighted by atomic mass is 9.85. The summed E-state index contributed by atoms with van der Waals surface area (Å²) in [5, 5.41) is 21.3. The van der Waals surface area contributed by atoms with Gasteiger partial charge in [-0.25, -0.2) is 0 Å². The highest BCUT2D eigenvalue weighted by molar-refractivity contribution is 5.76. The molecule has 1 rings (SSSR count). The van der Waals surface area contributed by atoms with Crippen molar-refractivity contribution in [2.75, 3.05) is 0 Å². The Labute approximate surface area is 93.5 Å². The highest BCUT2D eigenvalue weighted by Crippen LogP contribution is 2.25. The number of hydrogen-bond acceptors (Lipinski definition) is 4. The Bertz CT molecular complexity index is 372. The topological polar surface area (TPSA) is 80.3 Å². The van der Waals surface area contributed by atoms with E-state index in [1.54, 1.807) is 31.2 Å². The first-order chi connectivity index (χ1) is 7.52. The zero-order valence-corrected chi connectivity index (χ0v) is 8.88. The number of carboxylic acid groups (broad SMARTS) is 2. The molecule has 86 valence electrons. The van der Waals surface area contributed by atoms with Gasteiger partial charge in [0.1, 0.15) is 0 Å². The number of benzene rings is 1. The van der Waals surface area contributed by atoms with E-state index in [0.29, 0.717) is 0 Å². The lowest BCUT2D eigenvalue weighted by molar-refractivity contribution is -0.321. The number of carbonyl (C=O) groups excluding carboxylic acids is 2. The van der Waals surface area contributed by atoms with E-state index in [4.69, 9.17) is 0 Å². The predicted octanol–water partition coefficient (Wildman–Crippen LogP) is -0.704. The van der Waals surface area contributed by atoms with Gasteiger partial charge in [-0.2, -0.15) is 0 Å². The summed E-state index contributed by atoms with van der Waals surface area (Å²) in [4.78, 5) is 21.3. The van der Waals surface area contributed by atoms with Gasteiger partial charge in [-0.3, -0.25) is 0 Å². The second-order valence-electron chi connectivity index (χ2n) is 3.70. The highest BCUT2D eigenvalue weighted by Gasteiger charge is 2.20. The summed E-state index contributed by atoms with van der Waals surface area (Å²) in [5.74, 6) is -4.21. The molecule has 0 saturated heterocycles. The van der Waals surface area contributed by atoms with Crippen LogP contribution in [0.25, 0.3) is 0 Å². The summed E-state index contributed by atoms with van der Waals surface area (Å²) in [5.41, 5.74) is 0.776. The molecule has 0 aromatic heterocycles. The molecular formula is C12H12O4-2. The van der Waals surface area contributed by atoms with E-state index in [-0.39, 0.29) is 0 Å². The normalized spacial score (nSPS) is 14.1. The summed E-state index contributed by atoms with van der Waals surface area (Å²) in [6.07, 6.45) is -0.529. The molecule has 4 nitrogen and oxygen atoms in total. The van der Waals surface area contributed by atoms with E-state index >= 15 is 0 Å². The molecule has 0 aliphatic heterocycles. The van der Waals surface area contributed by atoms with Crippen molar-refractivity contribution in [3.63, 3.8) is 0 Å². The minimum atomic E-state index is -1.38. The largest absolute Gasteiger partial charge is 0.550 e. The van der Waals surface area contributed by atoms with E-state index in [2.05, 4.69) is 0 Å². The second kappa shape index (κ2) is 5.30. The maximum absolute atomic E-state index is 10.8. The number of hydrogen-bond donors (Lipinski definition) is 0. The molecular weight excluding hydrogens is 208 g/mol. The van der Waals surface area contributed by atoms with Crippen LogP contribution in [0.2, 0.25) is 0 Å². The Morgan fingerprint density at radius 1 is 1.19 bits per heavy atom. The molecule has 0 amide bonds. The fourth-order valence-corrected chi connectivity index (χ4v) is 1.63. The molecule has 16 heavy (non-hydrogen) atoms. The van der Waals surface area contributed by atoms with E-state index < -0.39 is 30.2 Å². The van der Waals surface area contributed by atoms with Crippen LogP contribution in [0.5, 0.6) is 0 Å². The molecule has 0 aliphatic carbocycles. The van der Waals surface area contributed by atoms with Crippen molar-refractivity contribution in [3.8, 4) is 0 Å². The SMILES string of the molecule is C[C@@H](c1ccccc1)[C@@H](CC(=O)[O-])C(=O)[O-]. The van der Waals surface area contributed by atoms with E-state index in [0.717, 1.165) is 5.56 Å². The number of carboxylic acids is 2. The first kappa shape index (κ1) is 12.2. The Hall–Kier alpha value is -1.84. The van der Waals surface area contributed by atoms with Crippen LogP contribution in [-0.2, 0) is 9.59 Å². The van der Waals surface area contributed by atoms with Gasteiger partial charge < -0.3 is 19.8 Å². The van der Waals surface area contributed by atoms with E-state index in [1.807, 2.05) is 6.07 Å². The van der Waals surface area contributed by atoms with Crippen LogP contribution in [0.3, 0.4) is 0 Å². The van der Waals surface area contributed by atoms with Crippen LogP contribution in [0.4, 0.5) is 0 Å². The molecule has 0 unspecified atom stereocenters. The maximum atomic E-state index is 10.8. The monoisotopic (exact) mass is 220 g/mol. The lowest BCUT2D eigenvalue weighted by Crippen LogP contribution is -2.38. The van der Waals surface area contributed by atoms with Crippen molar-refractivity contribution in [1.29, 1.82) is 0 Å². The minimum Gasteiger partial charge on any atom is -0.550 e. The molecule has 0 radical (unpaired) electrons. The van der Waals surface area contributed by atoms with Crippen molar-refractivity contribution in [2.24, 2.45) is 5.92 Å². The molecule has 0 spiro atoms. The van der Waals surface area contributed by atoms with Crippen LogP contribution in [-0.4, -0.2) is 11.9 Å². The Morgan fingerprint density at radius 2 is 1.75 bits per heavy atom. The number of carbonyl (C=O) groups is 2. The van der Waals surface area contributed by atoms with Crippen molar-refractivity contribution in [1.82, 2.24) is 0 Å². The van der Waals surface area contributed by atoms with Crippen LogP contribution < -0.4 is 10.2 Å². The third-order valence-corrected chi connectivity index (χ3v) is 2.62. The first-order valence-electron chi connectivity index (χ1n) is 4.98. The molecule has 4 heteroatoms. The summed E-state index contributed by atoms with van der Waals surface area (Å²) >= 11 is 0. The molecule has 0 saturated carbocycles. The second-order valence-corrected chi connectivity index (χ2v) is 3.70. The van der Waals surface area contributed by atoms with Crippen LogP contribution in [0.15, 0.2) is 30.3 Å². The summed E-state index contributed by atoms with van der Waals surface area (Å²) < 4.78 is 0. The third-order valence-electron chi connectivity index (χ3n) is 2.62. The molecule has 0 fully saturated rings. The fraction of sp³-hybridized carbons (Fsp3) is 0.333. The smallest absolute Gasteiger partial charge is 0.0455 e. The average molecular weight is 220 g/mol. The minimum absolute atomic E-state index is 0.413. The van der Waals surface area contributed by atoms with Gasteiger partial charge in [0.05, 0.1) is 0 Å². The predicted molar refractivity (Wildman–Crippen MR) is 53.0 cm³/mol. The number of aliphatic carboxylic acids is 2. The number of rotatable bonds is 5. The van der Waals surface area contributed by atoms with E-state index in [9.17, 15) is 19.8 Å². The van der Waals surface area contributed by atoms with Gasteiger partial charge in [-0.05, 0) is 17.9 Å². The van der Waals surface area contributed by atoms with Gasteiger partial charge >= 0.3 is 0 Å². The first-order valence-corrected chi connectivity index (χ1v) is 4.98. The van der Waals surface area contributed by atoms with Crippen LogP contribution in [0.1, 0.15) is 24.8 Å². The van der Waals surface area contributed by atoms with E-state index in [1.165, 1.54) is 0 Å². The van der Waals surface area contributed by atoms with Crippen LogP contribution in [0, 0.1) is 5.92 Å². The van der Waals surface area contributed by atoms with Crippen molar-refractivity contribution in [2.45, 2.75) is 19.3 Å². The average Bonchev–Trinajstić information content (AvgIpc) is 2.25. The van der Waals surface area contributed by atoms with Crippen molar-refractivity contribution in [3.05, 3.63) is 35.9 Å². The third kappa shape index (κ3) is 3.08. The molecule has 1 aromatic carbocycles. The van der Waals surface area contributed by atoms with Gasteiger partial charge in [0.15, 0.2) is 0 Å². The Morgan fingerprint density at radius 3 is 2.19 bits per heavy atom. The molecule has 0 aliphatic rings. The standard InChI is InChI=1S/C12H14O4/c1-8(9-5-3-2-4-6-9)10(12(15)16)7-11(13)14/h2-6,8,10H,7H2,1H3,(H,13,14)(H,15,16)/p-2/t8-,10+/m0/s1. The molecule has 0 bridgehead atoms. The quantitative estimate of drug-likeness (QED) is 0.657. The Balaban J connectivity index is 2.87. The van der Waals surface area contributed by atoms with Gasteiger partial charge in [0.2, 0.25) is 0 Å². The molecule has 0 N–H and O–H groups in total. The molecule has 1 aromatic rings. The van der Waals surface area contributed by atoms with Gasteiger partial charge in [-0.1, -0.05) is 37.3 Å². The van der Waals surface area contributed by atoms with Gasteiger partial charge in [0, 0.05) is 17.9 Å². The van der Waals surface area contributed by atoms with Crippen molar-refractivity contribution >= 4 is 11.9 Å². The molecule has 0 heterocycles.